The molecule has 16 heavy (non-hydrogen) atoms. The lowest BCUT2D eigenvalue weighted by Crippen LogP contribution is -2.34. The molecule has 1 aromatic rings. The molecule has 3 nitrogen and oxygen atoms in total. The van der Waals surface area contributed by atoms with E-state index in [1.807, 2.05) is 38.1 Å². The lowest BCUT2D eigenvalue weighted by Gasteiger charge is -2.19. The minimum absolute atomic E-state index is 0.0581. The molecule has 0 heterocycles. The molecular weight excluding hydrogens is 202 g/mol. The molecule has 1 aromatic carbocycles. The van der Waals surface area contributed by atoms with Crippen LogP contribution in [0, 0.1) is 5.92 Å². The van der Waals surface area contributed by atoms with Crippen LogP contribution < -0.4 is 5.32 Å². The van der Waals surface area contributed by atoms with E-state index < -0.39 is 12.0 Å². The van der Waals surface area contributed by atoms with Gasteiger partial charge in [0.15, 0.2) is 0 Å². The van der Waals surface area contributed by atoms with Crippen molar-refractivity contribution in [3.63, 3.8) is 0 Å². The van der Waals surface area contributed by atoms with Crippen LogP contribution in [-0.2, 0) is 11.2 Å². The van der Waals surface area contributed by atoms with Crippen LogP contribution in [0.4, 0.5) is 5.69 Å². The summed E-state index contributed by atoms with van der Waals surface area (Å²) in [5, 5.41) is 12.1. The van der Waals surface area contributed by atoms with Crippen molar-refractivity contribution < 1.29 is 9.90 Å². The monoisotopic (exact) mass is 221 g/mol. The van der Waals surface area contributed by atoms with E-state index in [4.69, 9.17) is 5.11 Å². The summed E-state index contributed by atoms with van der Waals surface area (Å²) in [6.45, 7) is 5.88. The Kier molecular flexibility index (Phi) is 4.35. The third-order valence-electron chi connectivity index (χ3n) is 2.59. The molecule has 3 heteroatoms. The Morgan fingerprint density at radius 3 is 2.62 bits per heavy atom. The highest BCUT2D eigenvalue weighted by atomic mass is 16.4. The van der Waals surface area contributed by atoms with Crippen LogP contribution in [0.2, 0.25) is 0 Å². The number of nitrogens with one attached hydrogen (secondary N) is 1. The second-order valence-corrected chi connectivity index (χ2v) is 4.26. The maximum Gasteiger partial charge on any atom is 0.326 e. The van der Waals surface area contributed by atoms with Crippen molar-refractivity contribution in [1.29, 1.82) is 0 Å². The predicted molar refractivity (Wildman–Crippen MR) is 65.7 cm³/mol. The zero-order valence-corrected chi connectivity index (χ0v) is 10.0. The predicted octanol–water partition coefficient (Wildman–Crippen LogP) is 2.77. The number of anilines is 1. The van der Waals surface area contributed by atoms with Crippen LogP contribution in [0.3, 0.4) is 0 Å². The molecule has 0 aliphatic carbocycles. The fourth-order valence-corrected chi connectivity index (χ4v) is 1.57. The Balaban J connectivity index is 2.81. The van der Waals surface area contributed by atoms with Gasteiger partial charge in [-0.15, -0.1) is 0 Å². The molecule has 1 unspecified atom stereocenters. The second kappa shape index (κ2) is 5.54. The van der Waals surface area contributed by atoms with E-state index in [1.165, 1.54) is 5.56 Å². The molecule has 1 rings (SSSR count). The number of carboxylic acids is 1. The third kappa shape index (κ3) is 3.26. The molecule has 88 valence electrons. The topological polar surface area (TPSA) is 49.3 Å². The molecule has 1 atom stereocenters. The van der Waals surface area contributed by atoms with Crippen molar-refractivity contribution in [2.24, 2.45) is 5.92 Å². The van der Waals surface area contributed by atoms with Gasteiger partial charge in [-0.05, 0) is 30.0 Å². The van der Waals surface area contributed by atoms with E-state index in [2.05, 4.69) is 12.2 Å². The van der Waals surface area contributed by atoms with Crippen LogP contribution in [0.5, 0.6) is 0 Å². The highest BCUT2D eigenvalue weighted by Crippen LogP contribution is 2.15. The van der Waals surface area contributed by atoms with E-state index in [0.29, 0.717) is 0 Å². The quantitative estimate of drug-likeness (QED) is 0.803. The maximum absolute atomic E-state index is 11.0. The Labute approximate surface area is 96.5 Å². The summed E-state index contributed by atoms with van der Waals surface area (Å²) in [6.07, 6.45) is 0.953. The Bertz CT molecular complexity index is 361. The average molecular weight is 221 g/mol. The molecular formula is C13H19NO2. The summed E-state index contributed by atoms with van der Waals surface area (Å²) < 4.78 is 0. The Hall–Kier alpha value is -1.51. The third-order valence-corrected chi connectivity index (χ3v) is 2.59. The molecule has 0 saturated carbocycles. The largest absolute Gasteiger partial charge is 0.480 e. The summed E-state index contributed by atoms with van der Waals surface area (Å²) in [5.41, 5.74) is 2.08. The van der Waals surface area contributed by atoms with E-state index in [-0.39, 0.29) is 5.92 Å². The number of aryl methyl sites for hydroxylation is 1. The summed E-state index contributed by atoms with van der Waals surface area (Å²) in [7, 11) is 0. The van der Waals surface area contributed by atoms with Gasteiger partial charge in [0.1, 0.15) is 6.04 Å². The summed E-state index contributed by atoms with van der Waals surface area (Å²) in [5.74, 6) is -0.750. The number of aliphatic carboxylic acids is 1. The Morgan fingerprint density at radius 2 is 2.12 bits per heavy atom. The zero-order valence-electron chi connectivity index (χ0n) is 10.0. The lowest BCUT2D eigenvalue weighted by atomic mass is 10.0. The first-order valence-electron chi connectivity index (χ1n) is 5.63. The van der Waals surface area contributed by atoms with E-state index in [1.54, 1.807) is 0 Å². The number of rotatable bonds is 5. The SMILES string of the molecule is CCc1cccc(NC(C(=O)O)C(C)C)c1. The number of hydrogen-bond acceptors (Lipinski definition) is 2. The highest BCUT2D eigenvalue weighted by Gasteiger charge is 2.20. The van der Waals surface area contributed by atoms with Gasteiger partial charge in [-0.25, -0.2) is 4.79 Å². The van der Waals surface area contributed by atoms with Crippen LogP contribution in [-0.4, -0.2) is 17.1 Å². The van der Waals surface area contributed by atoms with Gasteiger partial charge in [0.25, 0.3) is 0 Å². The maximum atomic E-state index is 11.0. The molecule has 0 bridgehead atoms. The molecule has 0 radical (unpaired) electrons. The zero-order chi connectivity index (χ0) is 12.1. The van der Waals surface area contributed by atoms with Crippen LogP contribution in [0.25, 0.3) is 0 Å². The van der Waals surface area contributed by atoms with Crippen LogP contribution in [0.15, 0.2) is 24.3 Å². The van der Waals surface area contributed by atoms with Crippen LogP contribution in [0.1, 0.15) is 26.3 Å². The van der Waals surface area contributed by atoms with Gasteiger partial charge in [-0.2, -0.15) is 0 Å². The van der Waals surface area contributed by atoms with Gasteiger partial charge in [0.05, 0.1) is 0 Å². The number of carboxylic acid groups (broad SMARTS) is 1. The van der Waals surface area contributed by atoms with Gasteiger partial charge in [0, 0.05) is 5.69 Å². The molecule has 0 spiro atoms. The van der Waals surface area contributed by atoms with Crippen LogP contribution >= 0.6 is 0 Å². The minimum atomic E-state index is -0.808. The first-order valence-corrected chi connectivity index (χ1v) is 5.63. The van der Waals surface area contributed by atoms with E-state index in [9.17, 15) is 4.79 Å². The lowest BCUT2D eigenvalue weighted by molar-refractivity contribution is -0.138. The fraction of sp³-hybridized carbons (Fsp3) is 0.462. The summed E-state index contributed by atoms with van der Waals surface area (Å²) >= 11 is 0. The molecule has 0 amide bonds. The van der Waals surface area contributed by atoms with E-state index in [0.717, 1.165) is 12.1 Å². The van der Waals surface area contributed by atoms with Gasteiger partial charge in [-0.3, -0.25) is 0 Å². The summed E-state index contributed by atoms with van der Waals surface area (Å²) in [6, 6.07) is 7.35. The molecule has 0 saturated heterocycles. The first kappa shape index (κ1) is 12.6. The minimum Gasteiger partial charge on any atom is -0.480 e. The van der Waals surface area contributed by atoms with E-state index >= 15 is 0 Å². The molecule has 0 aromatic heterocycles. The van der Waals surface area contributed by atoms with Crippen molar-refractivity contribution in [2.45, 2.75) is 33.2 Å². The van der Waals surface area contributed by atoms with Crippen molar-refractivity contribution in [3.8, 4) is 0 Å². The second-order valence-electron chi connectivity index (χ2n) is 4.26. The molecule has 0 fully saturated rings. The molecule has 0 aliphatic rings. The smallest absolute Gasteiger partial charge is 0.326 e. The normalized spacial score (nSPS) is 12.5. The highest BCUT2D eigenvalue weighted by molar-refractivity contribution is 5.77. The van der Waals surface area contributed by atoms with Gasteiger partial charge >= 0.3 is 5.97 Å². The summed E-state index contributed by atoms with van der Waals surface area (Å²) in [4.78, 5) is 11.0. The Morgan fingerprint density at radius 1 is 1.44 bits per heavy atom. The first-order chi connectivity index (χ1) is 7.54. The molecule has 2 N–H and O–H groups in total. The van der Waals surface area contributed by atoms with Gasteiger partial charge in [0.2, 0.25) is 0 Å². The van der Waals surface area contributed by atoms with Gasteiger partial charge < -0.3 is 10.4 Å². The van der Waals surface area contributed by atoms with Crippen molar-refractivity contribution in [1.82, 2.24) is 0 Å². The number of carbonyl (C=O) groups is 1. The molecule has 0 aliphatic heterocycles. The standard InChI is InChI=1S/C13H19NO2/c1-4-10-6-5-7-11(8-10)14-12(9(2)3)13(15)16/h5-9,12,14H,4H2,1-3H3,(H,15,16). The van der Waals surface area contributed by atoms with Crippen molar-refractivity contribution in [3.05, 3.63) is 29.8 Å². The number of hydrogen-bond donors (Lipinski definition) is 2. The van der Waals surface area contributed by atoms with Crippen molar-refractivity contribution >= 4 is 11.7 Å². The fourth-order valence-electron chi connectivity index (χ4n) is 1.57. The van der Waals surface area contributed by atoms with Gasteiger partial charge in [-0.1, -0.05) is 32.9 Å². The number of benzene rings is 1. The average Bonchev–Trinajstić information content (AvgIpc) is 2.25. The van der Waals surface area contributed by atoms with Crippen molar-refractivity contribution in [2.75, 3.05) is 5.32 Å².